The van der Waals surface area contributed by atoms with Crippen molar-refractivity contribution in [2.24, 2.45) is 0 Å². The number of hydrogen-bond acceptors (Lipinski definition) is 2. The molecule has 0 aliphatic heterocycles. The first-order chi connectivity index (χ1) is 12.3. The number of amides is 1. The molecule has 1 atom stereocenters. The lowest BCUT2D eigenvalue weighted by molar-refractivity contribution is -0.137. The summed E-state index contributed by atoms with van der Waals surface area (Å²) in [6, 6.07) is 17.5. The molecule has 0 saturated heterocycles. The van der Waals surface area contributed by atoms with Crippen molar-refractivity contribution in [2.45, 2.75) is 19.2 Å². The Morgan fingerprint density at radius 3 is 2.46 bits per heavy atom. The number of halogens is 3. The number of fused-ring (bicyclic) bond motifs is 1. The van der Waals surface area contributed by atoms with Crippen molar-refractivity contribution in [3.63, 3.8) is 0 Å². The summed E-state index contributed by atoms with van der Waals surface area (Å²) < 4.78 is 44.0. The van der Waals surface area contributed by atoms with Crippen molar-refractivity contribution in [1.82, 2.24) is 0 Å². The van der Waals surface area contributed by atoms with Crippen molar-refractivity contribution in [3.8, 4) is 5.75 Å². The molecule has 3 nitrogen and oxygen atoms in total. The lowest BCUT2D eigenvalue weighted by Crippen LogP contribution is -2.30. The molecular weight excluding hydrogens is 343 g/mol. The van der Waals surface area contributed by atoms with Crippen LogP contribution in [0.5, 0.6) is 5.75 Å². The van der Waals surface area contributed by atoms with Crippen molar-refractivity contribution < 1.29 is 22.7 Å². The van der Waals surface area contributed by atoms with Gasteiger partial charge in [0.05, 0.1) is 5.56 Å². The molecule has 0 unspecified atom stereocenters. The zero-order valence-electron chi connectivity index (χ0n) is 13.9. The maximum absolute atomic E-state index is 12.8. The summed E-state index contributed by atoms with van der Waals surface area (Å²) in [4.78, 5) is 12.3. The van der Waals surface area contributed by atoms with Crippen molar-refractivity contribution >= 4 is 22.4 Å². The molecule has 26 heavy (non-hydrogen) atoms. The van der Waals surface area contributed by atoms with Gasteiger partial charge < -0.3 is 10.1 Å². The van der Waals surface area contributed by atoms with Gasteiger partial charge in [-0.05, 0) is 36.6 Å². The van der Waals surface area contributed by atoms with Gasteiger partial charge in [-0.15, -0.1) is 0 Å². The quantitative estimate of drug-likeness (QED) is 0.690. The minimum atomic E-state index is -4.47. The molecule has 1 N–H and O–H groups in total. The molecule has 6 heteroatoms. The molecule has 1 amide bonds. The van der Waals surface area contributed by atoms with Gasteiger partial charge in [0.1, 0.15) is 5.75 Å². The Morgan fingerprint density at radius 2 is 1.69 bits per heavy atom. The van der Waals surface area contributed by atoms with E-state index in [1.807, 2.05) is 36.4 Å². The topological polar surface area (TPSA) is 38.3 Å². The number of alkyl halides is 3. The van der Waals surface area contributed by atoms with E-state index < -0.39 is 23.8 Å². The van der Waals surface area contributed by atoms with Gasteiger partial charge in [-0.3, -0.25) is 4.79 Å². The Labute approximate surface area is 148 Å². The third-order valence-corrected chi connectivity index (χ3v) is 3.88. The number of carbonyl (C=O) groups is 1. The molecule has 0 aliphatic carbocycles. The molecule has 0 spiro atoms. The van der Waals surface area contributed by atoms with Crippen LogP contribution in [-0.2, 0) is 11.0 Å². The van der Waals surface area contributed by atoms with E-state index in [1.54, 1.807) is 13.0 Å². The fraction of sp³-hybridized carbons (Fsp3) is 0.150. The summed E-state index contributed by atoms with van der Waals surface area (Å²) in [6.07, 6.45) is -5.35. The maximum Gasteiger partial charge on any atom is 0.416 e. The molecule has 0 saturated carbocycles. The monoisotopic (exact) mass is 359 g/mol. The number of ether oxygens (including phenoxy) is 1. The Bertz CT molecular complexity index is 932. The average molecular weight is 359 g/mol. The van der Waals surface area contributed by atoms with E-state index in [-0.39, 0.29) is 5.69 Å². The lowest BCUT2D eigenvalue weighted by Gasteiger charge is -2.17. The molecule has 0 heterocycles. The number of carbonyl (C=O) groups excluding carboxylic acids is 1. The summed E-state index contributed by atoms with van der Waals surface area (Å²) in [6.45, 7) is 1.55. The number of anilines is 1. The smallest absolute Gasteiger partial charge is 0.416 e. The summed E-state index contributed by atoms with van der Waals surface area (Å²) in [7, 11) is 0. The average Bonchev–Trinajstić information content (AvgIpc) is 2.61. The second kappa shape index (κ2) is 7.07. The van der Waals surface area contributed by atoms with Crippen molar-refractivity contribution in [1.29, 1.82) is 0 Å². The summed E-state index contributed by atoms with van der Waals surface area (Å²) in [5.74, 6) is 0.00653. The summed E-state index contributed by atoms with van der Waals surface area (Å²) in [5.41, 5.74) is -0.754. The van der Waals surface area contributed by atoms with Gasteiger partial charge in [0, 0.05) is 11.1 Å². The first-order valence-corrected chi connectivity index (χ1v) is 7.97. The van der Waals surface area contributed by atoms with E-state index in [2.05, 4.69) is 5.32 Å². The van der Waals surface area contributed by atoms with E-state index in [4.69, 9.17) is 4.74 Å². The lowest BCUT2D eigenvalue weighted by atomic mass is 10.1. The standard InChI is InChI=1S/C20H16F3NO2/c1-13(26-18-11-4-7-14-6-2-3-10-17(14)18)19(25)24-16-9-5-8-15(12-16)20(21,22)23/h2-13H,1H3,(H,24,25)/t13-/m1/s1. The van der Waals surface area contributed by atoms with Crippen LogP contribution < -0.4 is 10.1 Å². The van der Waals surface area contributed by atoms with E-state index >= 15 is 0 Å². The van der Waals surface area contributed by atoms with Crippen LogP contribution in [0, 0.1) is 0 Å². The highest BCUT2D eigenvalue weighted by atomic mass is 19.4. The number of nitrogens with one attached hydrogen (secondary N) is 1. The van der Waals surface area contributed by atoms with Crippen LogP contribution in [0.1, 0.15) is 12.5 Å². The number of rotatable bonds is 4. The van der Waals surface area contributed by atoms with E-state index in [0.29, 0.717) is 5.75 Å². The van der Waals surface area contributed by atoms with Gasteiger partial charge in [-0.2, -0.15) is 13.2 Å². The van der Waals surface area contributed by atoms with Crippen LogP contribution >= 0.6 is 0 Å². The molecule has 3 rings (SSSR count). The molecule has 0 aromatic heterocycles. The Morgan fingerprint density at radius 1 is 1.00 bits per heavy atom. The molecular formula is C20H16F3NO2. The molecule has 3 aromatic rings. The fourth-order valence-corrected chi connectivity index (χ4v) is 2.56. The van der Waals surface area contributed by atoms with Crippen LogP contribution in [0.3, 0.4) is 0 Å². The molecule has 0 bridgehead atoms. The second-order valence-corrected chi connectivity index (χ2v) is 5.81. The van der Waals surface area contributed by atoms with Gasteiger partial charge >= 0.3 is 6.18 Å². The normalized spacial score (nSPS) is 12.6. The van der Waals surface area contributed by atoms with Crippen LogP contribution in [0.25, 0.3) is 10.8 Å². The molecule has 3 aromatic carbocycles. The molecule has 0 fully saturated rings. The predicted molar refractivity (Wildman–Crippen MR) is 94.1 cm³/mol. The SMILES string of the molecule is C[C@@H](Oc1cccc2ccccc12)C(=O)Nc1cccc(C(F)(F)F)c1. The van der Waals surface area contributed by atoms with Crippen molar-refractivity contribution in [3.05, 3.63) is 72.3 Å². The molecule has 0 aliphatic rings. The van der Waals surface area contributed by atoms with Gasteiger partial charge in [-0.25, -0.2) is 0 Å². The fourth-order valence-electron chi connectivity index (χ4n) is 2.56. The number of benzene rings is 3. The molecule has 134 valence electrons. The first-order valence-electron chi connectivity index (χ1n) is 7.97. The number of hydrogen-bond donors (Lipinski definition) is 1. The highest BCUT2D eigenvalue weighted by Crippen LogP contribution is 2.31. The van der Waals surface area contributed by atoms with E-state index in [1.165, 1.54) is 12.1 Å². The predicted octanol–water partition coefficient (Wildman–Crippen LogP) is 5.26. The minimum absolute atomic E-state index is 0.0678. The van der Waals surface area contributed by atoms with Gasteiger partial charge in [0.25, 0.3) is 5.91 Å². The van der Waals surface area contributed by atoms with Crippen LogP contribution in [0.15, 0.2) is 66.7 Å². The third kappa shape index (κ3) is 3.96. The maximum atomic E-state index is 12.8. The molecule has 0 radical (unpaired) electrons. The van der Waals surface area contributed by atoms with Gasteiger partial charge in [0.15, 0.2) is 6.10 Å². The van der Waals surface area contributed by atoms with Gasteiger partial charge in [-0.1, -0.05) is 42.5 Å². The van der Waals surface area contributed by atoms with E-state index in [9.17, 15) is 18.0 Å². The Kier molecular flexibility index (Phi) is 4.84. The minimum Gasteiger partial charge on any atom is -0.480 e. The largest absolute Gasteiger partial charge is 0.480 e. The highest BCUT2D eigenvalue weighted by molar-refractivity contribution is 5.95. The van der Waals surface area contributed by atoms with Gasteiger partial charge in [0.2, 0.25) is 0 Å². The second-order valence-electron chi connectivity index (χ2n) is 5.81. The van der Waals surface area contributed by atoms with Crippen LogP contribution in [0.2, 0.25) is 0 Å². The highest BCUT2D eigenvalue weighted by Gasteiger charge is 2.30. The zero-order valence-corrected chi connectivity index (χ0v) is 13.9. The zero-order chi connectivity index (χ0) is 18.7. The summed E-state index contributed by atoms with van der Waals surface area (Å²) in [5, 5.41) is 4.28. The van der Waals surface area contributed by atoms with Crippen LogP contribution in [0.4, 0.5) is 18.9 Å². The van der Waals surface area contributed by atoms with E-state index in [0.717, 1.165) is 22.9 Å². The third-order valence-electron chi connectivity index (χ3n) is 3.88. The Hall–Kier alpha value is -3.02. The van der Waals surface area contributed by atoms with Crippen LogP contribution in [-0.4, -0.2) is 12.0 Å². The first kappa shape index (κ1) is 17.8. The summed E-state index contributed by atoms with van der Waals surface area (Å²) >= 11 is 0. The van der Waals surface area contributed by atoms with Crippen molar-refractivity contribution in [2.75, 3.05) is 5.32 Å². The Balaban J connectivity index is 1.74.